The van der Waals surface area contributed by atoms with Crippen LogP contribution in [0.5, 0.6) is 11.8 Å². The second-order valence-electron chi connectivity index (χ2n) is 2.93. The van der Waals surface area contributed by atoms with Gasteiger partial charge in [-0.1, -0.05) is 15.9 Å². The third kappa shape index (κ3) is 2.43. The molecular formula is C11H7BrN2O2. The molecule has 0 unspecified atom stereocenters. The van der Waals surface area contributed by atoms with Crippen molar-refractivity contribution in [3.63, 3.8) is 0 Å². The average molecular weight is 279 g/mol. The highest BCUT2D eigenvalue weighted by atomic mass is 79.9. The van der Waals surface area contributed by atoms with Crippen LogP contribution in [0.1, 0.15) is 10.4 Å². The summed E-state index contributed by atoms with van der Waals surface area (Å²) in [6.07, 6.45) is 3.87. The summed E-state index contributed by atoms with van der Waals surface area (Å²) in [5.74, 6) is 0.435. The summed E-state index contributed by atoms with van der Waals surface area (Å²) in [4.78, 5) is 18.6. The van der Waals surface area contributed by atoms with Crippen molar-refractivity contribution in [1.82, 2.24) is 9.97 Å². The van der Waals surface area contributed by atoms with E-state index in [2.05, 4.69) is 25.9 Å². The SMILES string of the molecule is O=Cc1cc(Br)ccc1Oc1ncccn1. The van der Waals surface area contributed by atoms with E-state index in [0.717, 1.165) is 10.8 Å². The van der Waals surface area contributed by atoms with E-state index in [-0.39, 0.29) is 6.01 Å². The van der Waals surface area contributed by atoms with Gasteiger partial charge >= 0.3 is 6.01 Å². The minimum atomic E-state index is 0.216. The van der Waals surface area contributed by atoms with Crippen LogP contribution in [0, 0.1) is 0 Å². The summed E-state index contributed by atoms with van der Waals surface area (Å²) in [6, 6.07) is 7.04. The fourth-order valence-electron chi connectivity index (χ4n) is 1.14. The first-order chi connectivity index (χ1) is 7.79. The van der Waals surface area contributed by atoms with Crippen LogP contribution in [0.2, 0.25) is 0 Å². The van der Waals surface area contributed by atoms with Gasteiger partial charge in [0.1, 0.15) is 5.75 Å². The first kappa shape index (κ1) is 10.8. The fraction of sp³-hybridized carbons (Fsp3) is 0. The maximum atomic E-state index is 10.8. The van der Waals surface area contributed by atoms with Gasteiger partial charge in [-0.05, 0) is 24.3 Å². The van der Waals surface area contributed by atoms with Crippen molar-refractivity contribution in [3.8, 4) is 11.8 Å². The standard InChI is InChI=1S/C11H7BrN2O2/c12-9-2-3-10(8(6-9)7-15)16-11-13-4-1-5-14-11/h1-7H. The van der Waals surface area contributed by atoms with Gasteiger partial charge in [-0.2, -0.15) is 0 Å². The monoisotopic (exact) mass is 278 g/mol. The van der Waals surface area contributed by atoms with E-state index in [9.17, 15) is 4.79 Å². The molecule has 4 nitrogen and oxygen atoms in total. The lowest BCUT2D eigenvalue weighted by molar-refractivity contribution is 0.112. The molecule has 1 aromatic carbocycles. The van der Waals surface area contributed by atoms with Crippen molar-refractivity contribution in [1.29, 1.82) is 0 Å². The van der Waals surface area contributed by atoms with Gasteiger partial charge in [0.2, 0.25) is 0 Å². The zero-order valence-electron chi connectivity index (χ0n) is 8.13. The molecule has 0 saturated heterocycles. The first-order valence-electron chi connectivity index (χ1n) is 4.49. The minimum Gasteiger partial charge on any atom is -0.424 e. The van der Waals surface area contributed by atoms with Crippen LogP contribution < -0.4 is 4.74 Å². The number of aldehydes is 1. The van der Waals surface area contributed by atoms with Crippen LogP contribution in [0.4, 0.5) is 0 Å². The molecule has 80 valence electrons. The fourth-order valence-corrected chi connectivity index (χ4v) is 1.52. The number of benzene rings is 1. The van der Waals surface area contributed by atoms with Crippen molar-refractivity contribution in [2.45, 2.75) is 0 Å². The van der Waals surface area contributed by atoms with Gasteiger partial charge in [0.15, 0.2) is 6.29 Å². The van der Waals surface area contributed by atoms with Gasteiger partial charge < -0.3 is 4.74 Å². The van der Waals surface area contributed by atoms with E-state index in [1.54, 1.807) is 36.7 Å². The highest BCUT2D eigenvalue weighted by molar-refractivity contribution is 9.10. The number of aromatic nitrogens is 2. The van der Waals surface area contributed by atoms with E-state index in [0.29, 0.717) is 11.3 Å². The Hall–Kier alpha value is -1.75. The average Bonchev–Trinajstić information content (AvgIpc) is 2.33. The number of carbonyl (C=O) groups is 1. The molecule has 0 amide bonds. The van der Waals surface area contributed by atoms with Gasteiger partial charge in [-0.15, -0.1) is 0 Å². The quantitative estimate of drug-likeness (QED) is 0.811. The van der Waals surface area contributed by atoms with Crippen LogP contribution in [0.25, 0.3) is 0 Å². The lowest BCUT2D eigenvalue weighted by Gasteiger charge is -2.05. The molecule has 2 rings (SSSR count). The number of halogens is 1. The summed E-state index contributed by atoms with van der Waals surface area (Å²) in [6.45, 7) is 0. The van der Waals surface area contributed by atoms with Crippen LogP contribution >= 0.6 is 15.9 Å². The van der Waals surface area contributed by atoms with E-state index < -0.39 is 0 Å². The Morgan fingerprint density at radius 3 is 2.69 bits per heavy atom. The van der Waals surface area contributed by atoms with Crippen molar-refractivity contribution in [2.75, 3.05) is 0 Å². The predicted octanol–water partition coefficient (Wildman–Crippen LogP) is 2.84. The van der Waals surface area contributed by atoms with Gasteiger partial charge in [0.05, 0.1) is 5.56 Å². The van der Waals surface area contributed by atoms with Crippen LogP contribution in [0.15, 0.2) is 41.1 Å². The highest BCUT2D eigenvalue weighted by Gasteiger charge is 2.06. The lowest BCUT2D eigenvalue weighted by atomic mass is 10.2. The van der Waals surface area contributed by atoms with Crippen molar-refractivity contribution in [3.05, 3.63) is 46.7 Å². The molecule has 0 aliphatic carbocycles. The maximum absolute atomic E-state index is 10.8. The first-order valence-corrected chi connectivity index (χ1v) is 5.28. The largest absolute Gasteiger partial charge is 0.424 e. The third-order valence-electron chi connectivity index (χ3n) is 1.84. The number of nitrogens with zero attached hydrogens (tertiary/aromatic N) is 2. The zero-order chi connectivity index (χ0) is 11.4. The summed E-state index contributed by atoms with van der Waals surface area (Å²) >= 11 is 3.28. The Balaban J connectivity index is 2.31. The van der Waals surface area contributed by atoms with E-state index in [4.69, 9.17) is 4.74 Å². The number of ether oxygens (including phenoxy) is 1. The van der Waals surface area contributed by atoms with E-state index in [1.807, 2.05) is 0 Å². The maximum Gasteiger partial charge on any atom is 0.321 e. The number of hydrogen-bond acceptors (Lipinski definition) is 4. The van der Waals surface area contributed by atoms with Crippen molar-refractivity contribution < 1.29 is 9.53 Å². The Bertz CT molecular complexity index is 503. The number of rotatable bonds is 3. The molecule has 0 bridgehead atoms. The molecular weight excluding hydrogens is 272 g/mol. The molecule has 5 heteroatoms. The number of carbonyl (C=O) groups excluding carboxylic acids is 1. The van der Waals surface area contributed by atoms with Crippen molar-refractivity contribution in [2.24, 2.45) is 0 Å². The summed E-state index contributed by atoms with van der Waals surface area (Å²) in [5.41, 5.74) is 0.446. The molecule has 16 heavy (non-hydrogen) atoms. The number of hydrogen-bond donors (Lipinski definition) is 0. The molecule has 2 aromatic rings. The molecule has 1 heterocycles. The Morgan fingerprint density at radius 1 is 1.25 bits per heavy atom. The zero-order valence-corrected chi connectivity index (χ0v) is 9.72. The predicted molar refractivity (Wildman–Crippen MR) is 61.6 cm³/mol. The topological polar surface area (TPSA) is 52.1 Å². The Kier molecular flexibility index (Phi) is 3.26. The van der Waals surface area contributed by atoms with Gasteiger partial charge in [-0.3, -0.25) is 4.79 Å². The molecule has 0 spiro atoms. The van der Waals surface area contributed by atoms with Crippen LogP contribution in [-0.2, 0) is 0 Å². The van der Waals surface area contributed by atoms with Crippen LogP contribution in [-0.4, -0.2) is 16.3 Å². The Labute approximate surface area is 100 Å². The van der Waals surface area contributed by atoms with E-state index >= 15 is 0 Å². The molecule has 0 N–H and O–H groups in total. The normalized spacial score (nSPS) is 9.81. The van der Waals surface area contributed by atoms with Gasteiger partial charge in [-0.25, -0.2) is 9.97 Å². The van der Waals surface area contributed by atoms with Gasteiger partial charge in [0, 0.05) is 16.9 Å². The van der Waals surface area contributed by atoms with Crippen molar-refractivity contribution >= 4 is 22.2 Å². The molecule has 0 radical (unpaired) electrons. The summed E-state index contributed by atoms with van der Waals surface area (Å²) in [7, 11) is 0. The van der Waals surface area contributed by atoms with E-state index in [1.165, 1.54) is 0 Å². The van der Waals surface area contributed by atoms with Gasteiger partial charge in [0.25, 0.3) is 0 Å². The highest BCUT2D eigenvalue weighted by Crippen LogP contribution is 2.24. The molecule has 0 saturated carbocycles. The molecule has 0 aliphatic rings. The second-order valence-corrected chi connectivity index (χ2v) is 3.85. The summed E-state index contributed by atoms with van der Waals surface area (Å²) < 4.78 is 6.20. The smallest absolute Gasteiger partial charge is 0.321 e. The Morgan fingerprint density at radius 2 is 2.00 bits per heavy atom. The van der Waals surface area contributed by atoms with Crippen LogP contribution in [0.3, 0.4) is 0 Å². The second kappa shape index (κ2) is 4.85. The molecule has 0 atom stereocenters. The summed E-state index contributed by atoms with van der Waals surface area (Å²) in [5, 5.41) is 0. The lowest BCUT2D eigenvalue weighted by Crippen LogP contribution is -1.94. The molecule has 0 fully saturated rings. The minimum absolute atomic E-state index is 0.216. The molecule has 0 aliphatic heterocycles. The third-order valence-corrected chi connectivity index (χ3v) is 2.34. The molecule has 1 aromatic heterocycles.